The fraction of sp³-hybridized carbons (Fsp3) is 0.692. The van der Waals surface area contributed by atoms with E-state index in [0.29, 0.717) is 0 Å². The molecular weight excluding hydrogens is 214 g/mol. The van der Waals surface area contributed by atoms with Gasteiger partial charge in [-0.1, -0.05) is 20.8 Å². The molecule has 0 spiro atoms. The number of aliphatic hydroxyl groups excluding tert-OH is 1. The van der Waals surface area contributed by atoms with Crippen LogP contribution in [0, 0.1) is 0 Å². The molecule has 0 aromatic carbocycles. The van der Waals surface area contributed by atoms with E-state index in [2.05, 4.69) is 42.6 Å². The molecule has 0 aliphatic carbocycles. The van der Waals surface area contributed by atoms with Gasteiger partial charge in [-0.25, -0.2) is 9.97 Å². The molecule has 0 bridgehead atoms. The molecule has 17 heavy (non-hydrogen) atoms. The maximum Gasteiger partial charge on any atom is 0.131 e. The predicted molar refractivity (Wildman–Crippen MR) is 70.2 cm³/mol. The zero-order valence-corrected chi connectivity index (χ0v) is 11.3. The third-order valence-electron chi connectivity index (χ3n) is 2.75. The Bertz CT molecular complexity index is 353. The summed E-state index contributed by atoms with van der Waals surface area (Å²) in [4.78, 5) is 11.0. The molecule has 0 amide bonds. The first kappa shape index (κ1) is 13.9. The van der Waals surface area contributed by atoms with Crippen LogP contribution in [0.1, 0.15) is 51.6 Å². The van der Waals surface area contributed by atoms with Gasteiger partial charge in [0.25, 0.3) is 0 Å². The highest BCUT2D eigenvalue weighted by Crippen LogP contribution is 2.20. The highest BCUT2D eigenvalue weighted by atomic mass is 16.3. The van der Waals surface area contributed by atoms with Crippen LogP contribution < -0.4 is 4.90 Å². The van der Waals surface area contributed by atoms with Gasteiger partial charge in [-0.15, -0.1) is 0 Å². The van der Waals surface area contributed by atoms with E-state index in [1.165, 1.54) is 0 Å². The molecule has 1 aromatic heterocycles. The SMILES string of the molecule is CCCN(CC)c1cnc(C(C)C)nc1CO. The van der Waals surface area contributed by atoms with Crippen molar-refractivity contribution in [3.05, 3.63) is 17.7 Å². The number of hydrogen-bond acceptors (Lipinski definition) is 4. The average Bonchev–Trinajstić information content (AvgIpc) is 2.35. The zero-order chi connectivity index (χ0) is 12.8. The summed E-state index contributed by atoms with van der Waals surface area (Å²) in [6, 6.07) is 0. The summed E-state index contributed by atoms with van der Waals surface area (Å²) >= 11 is 0. The largest absolute Gasteiger partial charge is 0.390 e. The maximum atomic E-state index is 9.42. The van der Waals surface area contributed by atoms with Crippen LogP contribution in [-0.2, 0) is 6.61 Å². The van der Waals surface area contributed by atoms with Gasteiger partial charge in [-0.3, -0.25) is 0 Å². The van der Waals surface area contributed by atoms with Gasteiger partial charge in [0.2, 0.25) is 0 Å². The zero-order valence-electron chi connectivity index (χ0n) is 11.3. The van der Waals surface area contributed by atoms with Crippen LogP contribution >= 0.6 is 0 Å². The summed E-state index contributed by atoms with van der Waals surface area (Å²) in [6.45, 7) is 10.2. The summed E-state index contributed by atoms with van der Waals surface area (Å²) in [5, 5.41) is 9.42. The molecule has 1 N–H and O–H groups in total. The van der Waals surface area contributed by atoms with Crippen LogP contribution in [0.3, 0.4) is 0 Å². The minimum absolute atomic E-state index is 0.0300. The normalized spacial score (nSPS) is 10.9. The van der Waals surface area contributed by atoms with E-state index in [9.17, 15) is 5.11 Å². The van der Waals surface area contributed by atoms with Gasteiger partial charge in [0.15, 0.2) is 0 Å². The van der Waals surface area contributed by atoms with E-state index in [1.54, 1.807) is 0 Å². The van der Waals surface area contributed by atoms with Gasteiger partial charge >= 0.3 is 0 Å². The molecule has 0 aliphatic heterocycles. The first-order valence-electron chi connectivity index (χ1n) is 6.35. The van der Waals surface area contributed by atoms with Crippen molar-refractivity contribution < 1.29 is 5.11 Å². The standard InChI is InChI=1S/C13H23N3O/c1-5-7-16(6-2)12-8-14-13(10(3)4)15-11(12)9-17/h8,10,17H,5-7,9H2,1-4H3. The number of aromatic nitrogens is 2. The molecule has 1 heterocycles. The third kappa shape index (κ3) is 3.40. The molecule has 96 valence electrons. The van der Waals surface area contributed by atoms with Crippen molar-refractivity contribution in [2.45, 2.75) is 46.6 Å². The quantitative estimate of drug-likeness (QED) is 0.825. The van der Waals surface area contributed by atoms with Crippen LogP contribution in [0.2, 0.25) is 0 Å². The molecule has 0 atom stereocenters. The first-order chi connectivity index (χ1) is 8.13. The molecule has 1 aromatic rings. The number of anilines is 1. The lowest BCUT2D eigenvalue weighted by molar-refractivity contribution is 0.276. The summed E-state index contributed by atoms with van der Waals surface area (Å²) in [7, 11) is 0. The third-order valence-corrected chi connectivity index (χ3v) is 2.75. The van der Waals surface area contributed by atoms with Crippen LogP contribution in [0.5, 0.6) is 0 Å². The van der Waals surface area contributed by atoms with Crippen molar-refractivity contribution in [1.82, 2.24) is 9.97 Å². The van der Waals surface area contributed by atoms with Crippen molar-refractivity contribution >= 4 is 5.69 Å². The Morgan fingerprint density at radius 3 is 2.53 bits per heavy atom. The van der Waals surface area contributed by atoms with E-state index in [-0.39, 0.29) is 12.5 Å². The molecule has 1 rings (SSSR count). The van der Waals surface area contributed by atoms with Crippen molar-refractivity contribution in [2.75, 3.05) is 18.0 Å². The van der Waals surface area contributed by atoms with Crippen LogP contribution in [-0.4, -0.2) is 28.2 Å². The second kappa shape index (κ2) is 6.55. The molecule has 0 fully saturated rings. The predicted octanol–water partition coefficient (Wildman–Crippen LogP) is 2.33. The van der Waals surface area contributed by atoms with Gasteiger partial charge in [0.05, 0.1) is 24.2 Å². The lowest BCUT2D eigenvalue weighted by Crippen LogP contribution is -2.25. The van der Waals surface area contributed by atoms with E-state index >= 15 is 0 Å². The van der Waals surface area contributed by atoms with Crippen LogP contribution in [0.25, 0.3) is 0 Å². The van der Waals surface area contributed by atoms with Crippen LogP contribution in [0.4, 0.5) is 5.69 Å². The minimum atomic E-state index is -0.0300. The summed E-state index contributed by atoms with van der Waals surface area (Å²) in [5.41, 5.74) is 1.69. The van der Waals surface area contributed by atoms with Gasteiger partial charge in [-0.2, -0.15) is 0 Å². The Morgan fingerprint density at radius 2 is 2.06 bits per heavy atom. The molecule has 0 aliphatic rings. The maximum absolute atomic E-state index is 9.42. The Kier molecular flexibility index (Phi) is 5.35. The van der Waals surface area contributed by atoms with E-state index < -0.39 is 0 Å². The lowest BCUT2D eigenvalue weighted by Gasteiger charge is -2.24. The highest BCUT2D eigenvalue weighted by Gasteiger charge is 2.13. The van der Waals surface area contributed by atoms with Gasteiger partial charge in [-0.05, 0) is 13.3 Å². The number of rotatable bonds is 6. The smallest absolute Gasteiger partial charge is 0.131 e. The molecular formula is C13H23N3O. The second-order valence-corrected chi connectivity index (χ2v) is 4.45. The number of nitrogens with zero attached hydrogens (tertiary/aromatic N) is 3. The second-order valence-electron chi connectivity index (χ2n) is 4.45. The topological polar surface area (TPSA) is 49.2 Å². The van der Waals surface area contributed by atoms with Gasteiger partial charge < -0.3 is 10.0 Å². The number of aliphatic hydroxyl groups is 1. The van der Waals surface area contributed by atoms with E-state index in [1.807, 2.05) is 6.20 Å². The molecule has 0 radical (unpaired) electrons. The first-order valence-corrected chi connectivity index (χ1v) is 6.35. The van der Waals surface area contributed by atoms with Crippen molar-refractivity contribution in [3.63, 3.8) is 0 Å². The van der Waals surface area contributed by atoms with Crippen molar-refractivity contribution in [1.29, 1.82) is 0 Å². The minimum Gasteiger partial charge on any atom is -0.390 e. The molecule has 4 nitrogen and oxygen atoms in total. The molecule has 0 unspecified atom stereocenters. The Labute approximate surface area is 104 Å². The summed E-state index contributed by atoms with van der Waals surface area (Å²) in [5.74, 6) is 1.08. The Hall–Kier alpha value is -1.16. The van der Waals surface area contributed by atoms with Gasteiger partial charge in [0.1, 0.15) is 5.82 Å². The van der Waals surface area contributed by atoms with Crippen molar-refractivity contribution in [3.8, 4) is 0 Å². The Balaban J connectivity index is 3.06. The fourth-order valence-electron chi connectivity index (χ4n) is 1.80. The van der Waals surface area contributed by atoms with Crippen LogP contribution in [0.15, 0.2) is 6.20 Å². The monoisotopic (exact) mass is 237 g/mol. The van der Waals surface area contributed by atoms with E-state index in [0.717, 1.165) is 36.7 Å². The number of hydrogen-bond donors (Lipinski definition) is 1. The van der Waals surface area contributed by atoms with Crippen molar-refractivity contribution in [2.24, 2.45) is 0 Å². The fourth-order valence-corrected chi connectivity index (χ4v) is 1.80. The van der Waals surface area contributed by atoms with Gasteiger partial charge in [0, 0.05) is 19.0 Å². The summed E-state index contributed by atoms with van der Waals surface area (Å²) < 4.78 is 0. The lowest BCUT2D eigenvalue weighted by atomic mass is 10.2. The van der Waals surface area contributed by atoms with E-state index in [4.69, 9.17) is 0 Å². The summed E-state index contributed by atoms with van der Waals surface area (Å²) in [6.07, 6.45) is 2.91. The molecule has 4 heteroatoms. The highest BCUT2D eigenvalue weighted by molar-refractivity contribution is 5.48. The molecule has 0 saturated carbocycles. The Morgan fingerprint density at radius 1 is 1.35 bits per heavy atom. The molecule has 0 saturated heterocycles. The average molecular weight is 237 g/mol.